The summed E-state index contributed by atoms with van der Waals surface area (Å²) in [5.74, 6) is -0.0456. The number of carbonyl (C=O) groups excluding carboxylic acids is 2. The summed E-state index contributed by atoms with van der Waals surface area (Å²) in [7, 11) is 0. The van der Waals surface area contributed by atoms with Crippen LogP contribution >= 0.6 is 0 Å². The summed E-state index contributed by atoms with van der Waals surface area (Å²) in [4.78, 5) is 24.5. The molecule has 0 aromatic carbocycles. The van der Waals surface area contributed by atoms with Gasteiger partial charge in [0.2, 0.25) is 5.91 Å². The summed E-state index contributed by atoms with van der Waals surface area (Å²) in [6.45, 7) is 4.93. The van der Waals surface area contributed by atoms with E-state index in [9.17, 15) is 19.8 Å². The van der Waals surface area contributed by atoms with E-state index in [1.54, 1.807) is 0 Å². The Morgan fingerprint density at radius 1 is 0.422 bits per heavy atom. The number of unbranched alkanes of at least 4 members (excludes halogenated alkanes) is 38. The Balaban J connectivity index is 3.42. The van der Waals surface area contributed by atoms with E-state index in [-0.39, 0.29) is 18.5 Å². The second-order valence-electron chi connectivity index (χ2n) is 19.6. The second-order valence-corrected chi connectivity index (χ2v) is 19.6. The van der Waals surface area contributed by atoms with E-state index in [0.29, 0.717) is 25.9 Å². The highest BCUT2D eigenvalue weighted by molar-refractivity contribution is 5.76. The van der Waals surface area contributed by atoms with Crippen molar-refractivity contribution in [1.29, 1.82) is 0 Å². The van der Waals surface area contributed by atoms with Crippen molar-refractivity contribution in [2.75, 3.05) is 13.2 Å². The van der Waals surface area contributed by atoms with E-state index < -0.39 is 12.1 Å². The van der Waals surface area contributed by atoms with Crippen LogP contribution in [0, 0.1) is 0 Å². The van der Waals surface area contributed by atoms with Gasteiger partial charge in [-0.05, 0) is 77.0 Å². The SMILES string of the molecule is CCCCCCCC/C=C\CCCCCCCC(=O)OCCCCCCCCCCC/C=C\CCCCCCCCCC(=O)NC(CO)C(O)CCCCCCCCCCCCCC. The lowest BCUT2D eigenvalue weighted by Gasteiger charge is -2.22. The number of carbonyl (C=O) groups is 2. The zero-order chi connectivity index (χ0) is 46.5. The molecule has 0 bridgehead atoms. The van der Waals surface area contributed by atoms with Crippen LogP contribution in [0.4, 0.5) is 0 Å². The quantitative estimate of drug-likeness (QED) is 0.0321. The number of aliphatic hydroxyl groups excluding tert-OH is 2. The molecule has 0 fully saturated rings. The van der Waals surface area contributed by atoms with Crippen molar-refractivity contribution in [1.82, 2.24) is 5.32 Å². The molecule has 378 valence electrons. The number of hydrogen-bond acceptors (Lipinski definition) is 5. The first-order chi connectivity index (χ1) is 31.5. The van der Waals surface area contributed by atoms with Gasteiger partial charge in [-0.2, -0.15) is 0 Å². The molecule has 2 unspecified atom stereocenters. The average molecular weight is 903 g/mol. The van der Waals surface area contributed by atoms with Gasteiger partial charge in [-0.15, -0.1) is 0 Å². The molecule has 0 aliphatic carbocycles. The molecule has 64 heavy (non-hydrogen) atoms. The van der Waals surface area contributed by atoms with E-state index in [1.165, 1.54) is 231 Å². The normalized spacial score (nSPS) is 12.8. The minimum absolute atomic E-state index is 0.00168. The van der Waals surface area contributed by atoms with Gasteiger partial charge in [-0.3, -0.25) is 9.59 Å². The van der Waals surface area contributed by atoms with Crippen molar-refractivity contribution >= 4 is 11.9 Å². The molecule has 0 rings (SSSR count). The molecule has 1 amide bonds. The third-order valence-electron chi connectivity index (χ3n) is 13.2. The van der Waals surface area contributed by atoms with Crippen LogP contribution in [0.15, 0.2) is 24.3 Å². The highest BCUT2D eigenvalue weighted by Crippen LogP contribution is 2.16. The number of amides is 1. The number of aliphatic hydroxyl groups is 2. The number of allylic oxidation sites excluding steroid dienone is 4. The fraction of sp³-hybridized carbons (Fsp3) is 0.897. The van der Waals surface area contributed by atoms with Crippen molar-refractivity contribution < 1.29 is 24.5 Å². The van der Waals surface area contributed by atoms with Gasteiger partial charge < -0.3 is 20.3 Å². The fourth-order valence-electron chi connectivity index (χ4n) is 8.81. The van der Waals surface area contributed by atoms with Gasteiger partial charge in [0.15, 0.2) is 0 Å². The Morgan fingerprint density at radius 2 is 0.734 bits per heavy atom. The molecule has 0 aliphatic heterocycles. The van der Waals surface area contributed by atoms with Crippen LogP contribution in [0.5, 0.6) is 0 Å². The third-order valence-corrected chi connectivity index (χ3v) is 13.2. The van der Waals surface area contributed by atoms with Gasteiger partial charge >= 0.3 is 5.97 Å². The monoisotopic (exact) mass is 902 g/mol. The van der Waals surface area contributed by atoms with Crippen molar-refractivity contribution in [3.05, 3.63) is 24.3 Å². The molecule has 6 heteroatoms. The lowest BCUT2D eigenvalue weighted by atomic mass is 10.0. The lowest BCUT2D eigenvalue weighted by molar-refractivity contribution is -0.143. The van der Waals surface area contributed by atoms with Crippen LogP contribution in [-0.4, -0.2) is 47.4 Å². The minimum atomic E-state index is -0.668. The lowest BCUT2D eigenvalue weighted by Crippen LogP contribution is -2.45. The molecule has 0 radical (unpaired) electrons. The smallest absolute Gasteiger partial charge is 0.305 e. The summed E-state index contributed by atoms with van der Waals surface area (Å²) < 4.78 is 5.47. The molecular formula is C58H111NO5. The number of ether oxygens (including phenoxy) is 1. The minimum Gasteiger partial charge on any atom is -0.466 e. The van der Waals surface area contributed by atoms with Crippen LogP contribution < -0.4 is 5.32 Å². The Morgan fingerprint density at radius 3 is 1.11 bits per heavy atom. The van der Waals surface area contributed by atoms with Crippen LogP contribution in [-0.2, 0) is 14.3 Å². The maximum atomic E-state index is 12.4. The summed E-state index contributed by atoms with van der Waals surface area (Å²) in [6, 6.07) is -0.546. The van der Waals surface area contributed by atoms with Gasteiger partial charge in [0, 0.05) is 12.8 Å². The molecule has 0 spiro atoms. The Hall–Kier alpha value is -1.66. The van der Waals surface area contributed by atoms with Gasteiger partial charge in [0.25, 0.3) is 0 Å². The fourth-order valence-corrected chi connectivity index (χ4v) is 8.81. The number of hydrogen-bond donors (Lipinski definition) is 3. The van der Waals surface area contributed by atoms with Gasteiger partial charge in [0.05, 0.1) is 25.4 Å². The number of nitrogens with one attached hydrogen (secondary N) is 1. The van der Waals surface area contributed by atoms with Crippen LogP contribution in [0.2, 0.25) is 0 Å². The molecule has 0 heterocycles. The van der Waals surface area contributed by atoms with Crippen molar-refractivity contribution in [3.8, 4) is 0 Å². The van der Waals surface area contributed by atoms with Crippen molar-refractivity contribution in [3.63, 3.8) is 0 Å². The average Bonchev–Trinajstić information content (AvgIpc) is 3.29. The van der Waals surface area contributed by atoms with Gasteiger partial charge in [0.1, 0.15) is 0 Å². The topological polar surface area (TPSA) is 95.9 Å². The highest BCUT2D eigenvalue weighted by atomic mass is 16.5. The van der Waals surface area contributed by atoms with Crippen LogP contribution in [0.1, 0.15) is 309 Å². The van der Waals surface area contributed by atoms with Gasteiger partial charge in [-0.25, -0.2) is 0 Å². The molecule has 0 saturated heterocycles. The van der Waals surface area contributed by atoms with Crippen LogP contribution in [0.25, 0.3) is 0 Å². The van der Waals surface area contributed by atoms with E-state index in [4.69, 9.17) is 4.74 Å². The summed E-state index contributed by atoms with van der Waals surface area (Å²) >= 11 is 0. The predicted octanol–water partition coefficient (Wildman–Crippen LogP) is 17.5. The Kier molecular flexibility index (Phi) is 52.6. The first-order valence-corrected chi connectivity index (χ1v) is 28.6. The van der Waals surface area contributed by atoms with E-state index in [1.807, 2.05) is 0 Å². The van der Waals surface area contributed by atoms with Crippen molar-refractivity contribution in [2.24, 2.45) is 0 Å². The molecule has 0 aliphatic rings. The Labute approximate surface area is 399 Å². The van der Waals surface area contributed by atoms with Crippen LogP contribution in [0.3, 0.4) is 0 Å². The number of rotatable bonds is 53. The molecule has 2 atom stereocenters. The van der Waals surface area contributed by atoms with E-state index in [0.717, 1.165) is 44.9 Å². The first-order valence-electron chi connectivity index (χ1n) is 28.6. The molecule has 3 N–H and O–H groups in total. The molecule has 0 saturated carbocycles. The zero-order valence-electron chi connectivity index (χ0n) is 43.0. The summed E-state index contributed by atoms with van der Waals surface area (Å²) in [5.41, 5.74) is 0. The zero-order valence-corrected chi connectivity index (χ0v) is 43.0. The highest BCUT2D eigenvalue weighted by Gasteiger charge is 2.20. The largest absolute Gasteiger partial charge is 0.466 e. The number of esters is 1. The third kappa shape index (κ3) is 49.8. The first kappa shape index (κ1) is 62.3. The molecule has 6 nitrogen and oxygen atoms in total. The second kappa shape index (κ2) is 54.0. The summed E-state index contributed by atoms with van der Waals surface area (Å²) in [6.07, 6.45) is 64.5. The van der Waals surface area contributed by atoms with Gasteiger partial charge in [-0.1, -0.05) is 244 Å². The Bertz CT molecular complexity index is 997. The van der Waals surface area contributed by atoms with E-state index in [2.05, 4.69) is 43.5 Å². The standard InChI is InChI=1S/C58H111NO5/c1-3-5-7-9-11-13-15-17-24-28-32-36-40-44-48-52-58(63)64-53-49-45-41-37-33-29-26-23-21-19-18-20-22-25-27-31-35-39-43-47-51-57(62)59-55(54-60)56(61)50-46-42-38-34-30-16-14-12-10-8-6-4-2/h17-18,20,24,55-56,60-61H,3-16,19,21-23,25-54H2,1-2H3,(H,59,62)/b20-18-,24-17-. The maximum absolute atomic E-state index is 12.4. The van der Waals surface area contributed by atoms with Crippen molar-refractivity contribution in [2.45, 2.75) is 321 Å². The predicted molar refractivity (Wildman–Crippen MR) is 278 cm³/mol. The molecule has 0 aromatic rings. The summed E-state index contributed by atoms with van der Waals surface area (Å²) in [5, 5.41) is 23.2. The molecular weight excluding hydrogens is 791 g/mol. The molecule has 0 aromatic heterocycles. The van der Waals surface area contributed by atoms with E-state index >= 15 is 0 Å². The maximum Gasteiger partial charge on any atom is 0.305 e.